The predicted molar refractivity (Wildman–Crippen MR) is 44.2 cm³/mol. The average Bonchev–Trinajstić information content (AvgIpc) is 2.03. The van der Waals surface area contributed by atoms with E-state index in [9.17, 15) is 0 Å². The van der Waals surface area contributed by atoms with Crippen molar-refractivity contribution in [2.45, 2.75) is 5.92 Å². The first-order chi connectivity index (χ1) is 5.90. The third-order valence-electron chi connectivity index (χ3n) is 2.03. The maximum atomic E-state index is 4.96. The van der Waals surface area contributed by atoms with Gasteiger partial charge in [0.15, 0.2) is 5.75 Å². The number of hydrogen-bond acceptors (Lipinski definition) is 4. The van der Waals surface area contributed by atoms with Gasteiger partial charge in [-0.15, -0.1) is 0 Å². The van der Waals surface area contributed by atoms with Gasteiger partial charge in [0.25, 0.3) is 0 Å². The zero-order valence-corrected chi connectivity index (χ0v) is 6.95. The van der Waals surface area contributed by atoms with E-state index in [0.717, 1.165) is 18.9 Å². The lowest BCUT2D eigenvalue weighted by molar-refractivity contribution is 0.401. The molecule has 1 aliphatic rings. The molecule has 0 spiro atoms. The van der Waals surface area contributed by atoms with Crippen LogP contribution in [0.25, 0.3) is 0 Å². The molecule has 0 unspecified atom stereocenters. The first kappa shape index (κ1) is 7.49. The van der Waals surface area contributed by atoms with E-state index in [2.05, 4.69) is 15.3 Å². The average molecular weight is 165 g/mol. The Morgan fingerprint density at radius 1 is 1.42 bits per heavy atom. The van der Waals surface area contributed by atoms with E-state index in [1.807, 2.05) is 0 Å². The smallest absolute Gasteiger partial charge is 0.155 e. The molecule has 2 heterocycles. The van der Waals surface area contributed by atoms with Gasteiger partial charge in [0.1, 0.15) is 5.82 Å². The van der Waals surface area contributed by atoms with Gasteiger partial charge in [-0.1, -0.05) is 0 Å². The molecule has 4 heteroatoms. The number of rotatable bonds is 2. The highest BCUT2D eigenvalue weighted by Gasteiger charge is 2.21. The molecule has 0 aromatic carbocycles. The number of ether oxygens (including phenoxy) is 1. The van der Waals surface area contributed by atoms with E-state index in [1.165, 1.54) is 0 Å². The topological polar surface area (TPSA) is 47.0 Å². The van der Waals surface area contributed by atoms with Crippen molar-refractivity contribution in [1.82, 2.24) is 15.3 Å². The van der Waals surface area contributed by atoms with Crippen LogP contribution < -0.4 is 10.1 Å². The molecule has 0 bridgehead atoms. The first-order valence-electron chi connectivity index (χ1n) is 3.97. The Morgan fingerprint density at radius 3 is 2.50 bits per heavy atom. The molecule has 1 saturated heterocycles. The van der Waals surface area contributed by atoms with Crippen molar-refractivity contribution in [2.75, 3.05) is 20.2 Å². The zero-order valence-electron chi connectivity index (χ0n) is 6.95. The standard InChI is InChI=1S/C8H11N3O/c1-12-7-4-10-8(11-5-7)6-2-9-3-6/h4-6,9H,2-3H2,1H3. The molecule has 0 aliphatic carbocycles. The van der Waals surface area contributed by atoms with Crippen LogP contribution in [0.4, 0.5) is 0 Å². The predicted octanol–water partition coefficient (Wildman–Crippen LogP) is 0.172. The van der Waals surface area contributed by atoms with E-state index in [4.69, 9.17) is 4.74 Å². The fraction of sp³-hybridized carbons (Fsp3) is 0.500. The number of nitrogens with zero attached hydrogens (tertiary/aromatic N) is 2. The Bertz CT molecular complexity index is 256. The zero-order chi connectivity index (χ0) is 8.39. The summed E-state index contributed by atoms with van der Waals surface area (Å²) >= 11 is 0. The van der Waals surface area contributed by atoms with Gasteiger partial charge in [-0.2, -0.15) is 0 Å². The monoisotopic (exact) mass is 165 g/mol. The van der Waals surface area contributed by atoms with Crippen LogP contribution in [0, 0.1) is 0 Å². The van der Waals surface area contributed by atoms with Gasteiger partial charge in [0.05, 0.1) is 19.5 Å². The van der Waals surface area contributed by atoms with Crippen LogP contribution in [0.15, 0.2) is 12.4 Å². The van der Waals surface area contributed by atoms with Crippen LogP contribution in [-0.2, 0) is 0 Å². The minimum atomic E-state index is 0.496. The van der Waals surface area contributed by atoms with Crippen LogP contribution in [0.1, 0.15) is 11.7 Å². The highest BCUT2D eigenvalue weighted by Crippen LogP contribution is 2.16. The van der Waals surface area contributed by atoms with Crippen LogP contribution in [-0.4, -0.2) is 30.2 Å². The second-order valence-electron chi connectivity index (χ2n) is 2.84. The third kappa shape index (κ3) is 1.25. The molecule has 12 heavy (non-hydrogen) atoms. The third-order valence-corrected chi connectivity index (χ3v) is 2.03. The van der Waals surface area contributed by atoms with Gasteiger partial charge in [0.2, 0.25) is 0 Å². The summed E-state index contributed by atoms with van der Waals surface area (Å²) in [6.45, 7) is 1.98. The minimum Gasteiger partial charge on any atom is -0.494 e. The maximum absolute atomic E-state index is 4.96. The van der Waals surface area contributed by atoms with Crippen molar-refractivity contribution in [3.05, 3.63) is 18.2 Å². The highest BCUT2D eigenvalue weighted by atomic mass is 16.5. The quantitative estimate of drug-likeness (QED) is 0.678. The van der Waals surface area contributed by atoms with Gasteiger partial charge in [-0.05, 0) is 0 Å². The van der Waals surface area contributed by atoms with Crippen LogP contribution in [0.2, 0.25) is 0 Å². The molecule has 4 nitrogen and oxygen atoms in total. The lowest BCUT2D eigenvalue weighted by Gasteiger charge is -2.25. The normalized spacial score (nSPS) is 17.1. The van der Waals surface area contributed by atoms with Crippen molar-refractivity contribution >= 4 is 0 Å². The Morgan fingerprint density at radius 2 is 2.08 bits per heavy atom. The van der Waals surface area contributed by atoms with E-state index in [1.54, 1.807) is 19.5 Å². The van der Waals surface area contributed by atoms with Gasteiger partial charge in [-0.3, -0.25) is 0 Å². The summed E-state index contributed by atoms with van der Waals surface area (Å²) in [6.07, 6.45) is 3.42. The van der Waals surface area contributed by atoms with Crippen molar-refractivity contribution < 1.29 is 4.74 Å². The molecule has 1 aromatic rings. The number of nitrogens with one attached hydrogen (secondary N) is 1. The summed E-state index contributed by atoms with van der Waals surface area (Å²) in [5, 5.41) is 3.18. The summed E-state index contributed by atoms with van der Waals surface area (Å²) in [4.78, 5) is 8.39. The Labute approximate surface area is 71.0 Å². The Hall–Kier alpha value is -1.16. The van der Waals surface area contributed by atoms with E-state index < -0.39 is 0 Å². The molecule has 64 valence electrons. The molecule has 1 aromatic heterocycles. The van der Waals surface area contributed by atoms with Crippen LogP contribution in [0.3, 0.4) is 0 Å². The van der Waals surface area contributed by atoms with E-state index >= 15 is 0 Å². The van der Waals surface area contributed by atoms with Crippen molar-refractivity contribution in [3.8, 4) is 5.75 Å². The summed E-state index contributed by atoms with van der Waals surface area (Å²) in [7, 11) is 1.61. The summed E-state index contributed by atoms with van der Waals surface area (Å²) < 4.78 is 4.96. The molecule has 1 aliphatic heterocycles. The second-order valence-corrected chi connectivity index (χ2v) is 2.84. The number of methoxy groups -OCH3 is 1. The molecule has 0 saturated carbocycles. The van der Waals surface area contributed by atoms with Crippen LogP contribution in [0.5, 0.6) is 5.75 Å². The lowest BCUT2D eigenvalue weighted by atomic mass is 10.0. The summed E-state index contributed by atoms with van der Waals surface area (Å²) in [5.74, 6) is 2.12. The largest absolute Gasteiger partial charge is 0.494 e. The summed E-state index contributed by atoms with van der Waals surface area (Å²) in [5.41, 5.74) is 0. The van der Waals surface area contributed by atoms with Gasteiger partial charge in [-0.25, -0.2) is 9.97 Å². The fourth-order valence-corrected chi connectivity index (χ4v) is 1.11. The number of hydrogen-bond donors (Lipinski definition) is 1. The van der Waals surface area contributed by atoms with Crippen molar-refractivity contribution in [3.63, 3.8) is 0 Å². The van der Waals surface area contributed by atoms with Gasteiger partial charge < -0.3 is 10.1 Å². The minimum absolute atomic E-state index is 0.496. The SMILES string of the molecule is COc1cnc(C2CNC2)nc1. The van der Waals surface area contributed by atoms with E-state index in [0.29, 0.717) is 11.7 Å². The summed E-state index contributed by atoms with van der Waals surface area (Å²) in [6, 6.07) is 0. The Balaban J connectivity index is 2.13. The van der Waals surface area contributed by atoms with Crippen LogP contribution >= 0.6 is 0 Å². The van der Waals surface area contributed by atoms with Crippen molar-refractivity contribution in [1.29, 1.82) is 0 Å². The van der Waals surface area contributed by atoms with Gasteiger partial charge >= 0.3 is 0 Å². The molecule has 1 N–H and O–H groups in total. The number of aromatic nitrogens is 2. The highest BCUT2D eigenvalue weighted by molar-refractivity contribution is 5.14. The fourth-order valence-electron chi connectivity index (χ4n) is 1.11. The molecule has 1 fully saturated rings. The Kier molecular flexibility index (Phi) is 1.91. The lowest BCUT2D eigenvalue weighted by Crippen LogP contribution is -2.40. The van der Waals surface area contributed by atoms with Crippen molar-refractivity contribution in [2.24, 2.45) is 0 Å². The maximum Gasteiger partial charge on any atom is 0.155 e. The molecule has 2 rings (SSSR count). The molecular formula is C8H11N3O. The second kappa shape index (κ2) is 3.06. The molecule has 0 amide bonds. The molecule has 0 radical (unpaired) electrons. The molecule has 0 atom stereocenters. The van der Waals surface area contributed by atoms with E-state index in [-0.39, 0.29) is 0 Å². The first-order valence-corrected chi connectivity index (χ1v) is 3.97. The molecular weight excluding hydrogens is 154 g/mol. The van der Waals surface area contributed by atoms with Gasteiger partial charge in [0, 0.05) is 19.0 Å².